The minimum Gasteiger partial charge on any atom is -0.441 e. The SMILES string of the molecule is Cn1nc(C(F)(F)F)c2cc(C(=O)N3CCC[C@@]4(CC3)CNC(=O)O4)sc21. The van der Waals surface area contributed by atoms with Gasteiger partial charge in [-0.2, -0.15) is 18.3 Å². The molecule has 1 atom stereocenters. The molecule has 2 aliphatic rings. The molecule has 2 amide bonds. The van der Waals surface area contributed by atoms with Gasteiger partial charge in [-0.05, 0) is 18.9 Å². The summed E-state index contributed by atoms with van der Waals surface area (Å²) in [6.07, 6.45) is -3.23. The van der Waals surface area contributed by atoms with E-state index in [4.69, 9.17) is 4.74 Å². The number of nitrogens with one attached hydrogen (secondary N) is 1. The fraction of sp³-hybridized carbons (Fsp3) is 0.562. The zero-order valence-corrected chi connectivity index (χ0v) is 15.2. The lowest BCUT2D eigenvalue weighted by atomic mass is 9.95. The van der Waals surface area contributed by atoms with Gasteiger partial charge in [0.05, 0.1) is 11.4 Å². The first-order chi connectivity index (χ1) is 12.7. The van der Waals surface area contributed by atoms with Gasteiger partial charge in [0.15, 0.2) is 5.69 Å². The van der Waals surface area contributed by atoms with Gasteiger partial charge in [0.25, 0.3) is 5.91 Å². The Hall–Kier alpha value is -2.30. The van der Waals surface area contributed by atoms with Crippen LogP contribution in [0, 0.1) is 0 Å². The fourth-order valence-electron chi connectivity index (χ4n) is 3.66. The second kappa shape index (κ2) is 6.11. The number of aryl methyl sites for hydroxylation is 1. The number of hydrogen-bond acceptors (Lipinski definition) is 5. The molecule has 0 unspecified atom stereocenters. The molecule has 1 N–H and O–H groups in total. The molecular formula is C16H17F3N4O3S. The molecule has 2 aromatic heterocycles. The number of halogens is 3. The maximum Gasteiger partial charge on any atom is 0.435 e. The smallest absolute Gasteiger partial charge is 0.435 e. The predicted octanol–water partition coefficient (Wildman–Crippen LogP) is 2.76. The summed E-state index contributed by atoms with van der Waals surface area (Å²) in [6, 6.07) is 1.27. The number of carbonyl (C=O) groups is 2. The van der Waals surface area contributed by atoms with Gasteiger partial charge in [0, 0.05) is 31.9 Å². The van der Waals surface area contributed by atoms with E-state index in [1.165, 1.54) is 13.1 Å². The Bertz CT molecular complexity index is 922. The highest BCUT2D eigenvalue weighted by molar-refractivity contribution is 7.20. The summed E-state index contributed by atoms with van der Waals surface area (Å²) < 4.78 is 46.0. The highest BCUT2D eigenvalue weighted by Gasteiger charge is 2.42. The van der Waals surface area contributed by atoms with Crippen LogP contribution in [-0.4, -0.2) is 51.9 Å². The van der Waals surface area contributed by atoms with Gasteiger partial charge < -0.3 is 15.0 Å². The van der Waals surface area contributed by atoms with Crippen molar-refractivity contribution >= 4 is 33.6 Å². The van der Waals surface area contributed by atoms with Gasteiger partial charge in [0.2, 0.25) is 0 Å². The number of rotatable bonds is 1. The van der Waals surface area contributed by atoms with Crippen LogP contribution in [0.25, 0.3) is 10.2 Å². The number of amides is 2. The number of thiophene rings is 1. The van der Waals surface area contributed by atoms with E-state index in [-0.39, 0.29) is 16.2 Å². The molecule has 146 valence electrons. The number of fused-ring (bicyclic) bond motifs is 1. The number of hydrogen-bond donors (Lipinski definition) is 1. The Balaban J connectivity index is 1.57. The van der Waals surface area contributed by atoms with Crippen LogP contribution in [0.1, 0.15) is 34.6 Å². The van der Waals surface area contributed by atoms with Crippen molar-refractivity contribution in [3.8, 4) is 0 Å². The molecule has 2 saturated heterocycles. The Labute approximate surface area is 156 Å². The summed E-state index contributed by atoms with van der Waals surface area (Å²) in [6.45, 7) is 1.26. The molecule has 27 heavy (non-hydrogen) atoms. The van der Waals surface area contributed by atoms with Crippen LogP contribution >= 0.6 is 11.3 Å². The first kappa shape index (κ1) is 18.1. The summed E-state index contributed by atoms with van der Waals surface area (Å²) in [5.41, 5.74) is -1.58. The van der Waals surface area contributed by atoms with Crippen LogP contribution in [-0.2, 0) is 18.0 Å². The second-order valence-electron chi connectivity index (χ2n) is 6.87. The van der Waals surface area contributed by atoms with Gasteiger partial charge in [-0.1, -0.05) is 0 Å². The van der Waals surface area contributed by atoms with E-state index in [1.54, 1.807) is 4.90 Å². The van der Waals surface area contributed by atoms with Gasteiger partial charge in [0.1, 0.15) is 10.4 Å². The molecular weight excluding hydrogens is 385 g/mol. The Morgan fingerprint density at radius 3 is 2.81 bits per heavy atom. The summed E-state index contributed by atoms with van der Waals surface area (Å²) in [5.74, 6) is -0.307. The van der Waals surface area contributed by atoms with Crippen LogP contribution in [0.5, 0.6) is 0 Å². The van der Waals surface area contributed by atoms with Crippen LogP contribution in [0.3, 0.4) is 0 Å². The lowest BCUT2D eigenvalue weighted by Crippen LogP contribution is -2.36. The molecule has 7 nitrogen and oxygen atoms in total. The van der Waals surface area contributed by atoms with Crippen molar-refractivity contribution < 1.29 is 27.5 Å². The minimum absolute atomic E-state index is 0.0569. The highest BCUT2D eigenvalue weighted by atomic mass is 32.1. The van der Waals surface area contributed by atoms with Crippen LogP contribution in [0.4, 0.5) is 18.0 Å². The first-order valence-electron chi connectivity index (χ1n) is 8.48. The molecule has 2 aromatic rings. The van der Waals surface area contributed by atoms with Crippen molar-refractivity contribution in [2.45, 2.75) is 31.0 Å². The molecule has 4 heterocycles. The maximum absolute atomic E-state index is 13.1. The quantitative estimate of drug-likeness (QED) is 0.796. The van der Waals surface area contributed by atoms with Crippen molar-refractivity contribution in [3.05, 3.63) is 16.6 Å². The molecule has 4 rings (SSSR count). The maximum atomic E-state index is 13.1. The first-order valence-corrected chi connectivity index (χ1v) is 9.30. The summed E-state index contributed by atoms with van der Waals surface area (Å²) in [5, 5.41) is 6.11. The standard InChI is InChI=1S/C16H17F3N4O3S/c1-22-13-9(11(21-22)16(17,18)19)7-10(27-13)12(24)23-5-2-3-15(4-6-23)8-20-14(25)26-15/h7H,2-6,8H2,1H3,(H,20,25)/t15-/m1/s1. The minimum atomic E-state index is -4.57. The Morgan fingerprint density at radius 1 is 1.37 bits per heavy atom. The number of nitrogens with zero attached hydrogens (tertiary/aromatic N) is 3. The number of likely N-dealkylation sites (tertiary alicyclic amines) is 1. The van der Waals surface area contributed by atoms with E-state index in [0.717, 1.165) is 16.0 Å². The Morgan fingerprint density at radius 2 is 2.15 bits per heavy atom. The van der Waals surface area contributed by atoms with Gasteiger partial charge in [-0.15, -0.1) is 11.3 Å². The number of alkyl carbamates (subject to hydrolysis) is 1. The third-order valence-corrected chi connectivity index (χ3v) is 6.23. The number of aromatic nitrogens is 2. The van der Waals surface area contributed by atoms with E-state index in [1.807, 2.05) is 0 Å². The third kappa shape index (κ3) is 3.13. The molecule has 1 spiro atoms. The third-order valence-electron chi connectivity index (χ3n) is 5.04. The average Bonchev–Trinajstić information content (AvgIpc) is 3.20. The van der Waals surface area contributed by atoms with E-state index in [2.05, 4.69) is 10.4 Å². The van der Waals surface area contributed by atoms with Crippen molar-refractivity contribution in [3.63, 3.8) is 0 Å². The van der Waals surface area contributed by atoms with Gasteiger partial charge in [-0.3, -0.25) is 9.48 Å². The average molecular weight is 402 g/mol. The van der Waals surface area contributed by atoms with Crippen molar-refractivity contribution in [1.82, 2.24) is 20.0 Å². The van der Waals surface area contributed by atoms with Crippen molar-refractivity contribution in [2.75, 3.05) is 19.6 Å². The largest absolute Gasteiger partial charge is 0.441 e. The van der Waals surface area contributed by atoms with Crippen LogP contribution < -0.4 is 5.32 Å². The molecule has 11 heteroatoms. The van der Waals surface area contributed by atoms with Gasteiger partial charge in [-0.25, -0.2) is 4.79 Å². The summed E-state index contributed by atoms with van der Waals surface area (Å²) in [7, 11) is 1.43. The second-order valence-corrected chi connectivity index (χ2v) is 7.90. The molecule has 0 saturated carbocycles. The van der Waals surface area contributed by atoms with Crippen LogP contribution in [0.2, 0.25) is 0 Å². The normalized spacial score (nSPS) is 23.6. The summed E-state index contributed by atoms with van der Waals surface area (Å²) in [4.78, 5) is 26.4. The van der Waals surface area contributed by atoms with E-state index in [0.29, 0.717) is 43.7 Å². The molecule has 2 aliphatic heterocycles. The number of alkyl halides is 3. The van der Waals surface area contributed by atoms with Gasteiger partial charge >= 0.3 is 12.3 Å². The Kier molecular flexibility index (Phi) is 4.09. The molecule has 0 bridgehead atoms. The highest BCUT2D eigenvalue weighted by Crippen LogP contribution is 2.38. The zero-order chi connectivity index (χ0) is 19.4. The summed E-state index contributed by atoms with van der Waals surface area (Å²) >= 11 is 1.01. The zero-order valence-electron chi connectivity index (χ0n) is 14.4. The van der Waals surface area contributed by atoms with E-state index in [9.17, 15) is 22.8 Å². The predicted molar refractivity (Wildman–Crippen MR) is 90.6 cm³/mol. The lowest BCUT2D eigenvalue weighted by molar-refractivity contribution is -0.140. The monoisotopic (exact) mass is 402 g/mol. The molecule has 2 fully saturated rings. The molecule has 0 radical (unpaired) electrons. The fourth-order valence-corrected chi connectivity index (χ4v) is 4.70. The lowest BCUT2D eigenvalue weighted by Gasteiger charge is -2.24. The topological polar surface area (TPSA) is 76.5 Å². The molecule has 0 aliphatic carbocycles. The van der Waals surface area contributed by atoms with Crippen molar-refractivity contribution in [2.24, 2.45) is 7.05 Å². The van der Waals surface area contributed by atoms with Crippen molar-refractivity contribution in [1.29, 1.82) is 0 Å². The number of ether oxygens (including phenoxy) is 1. The van der Waals surface area contributed by atoms with E-state index >= 15 is 0 Å². The molecule has 0 aromatic carbocycles. The van der Waals surface area contributed by atoms with Crippen LogP contribution in [0.15, 0.2) is 6.07 Å². The van der Waals surface area contributed by atoms with E-state index < -0.39 is 23.6 Å². The number of carbonyl (C=O) groups excluding carboxylic acids is 2.